The van der Waals surface area contributed by atoms with E-state index in [9.17, 15) is 4.79 Å². The standard InChI is InChI=1S/C15H13N3O2/c16-14(19)12-8-4-5-9-13(12)15-18(17-10-20-15)11-6-2-1-3-7-11/h1-10,15H,(H2,16,19). The molecule has 0 saturated carbocycles. The molecule has 2 aromatic rings. The van der Waals surface area contributed by atoms with Gasteiger partial charge < -0.3 is 10.5 Å². The lowest BCUT2D eigenvalue weighted by atomic mass is 10.1. The zero-order valence-electron chi connectivity index (χ0n) is 10.6. The first-order chi connectivity index (χ1) is 9.77. The van der Waals surface area contributed by atoms with Gasteiger partial charge >= 0.3 is 0 Å². The highest BCUT2D eigenvalue weighted by Gasteiger charge is 2.28. The summed E-state index contributed by atoms with van der Waals surface area (Å²) in [5.41, 5.74) is 7.42. The molecule has 0 aromatic heterocycles. The van der Waals surface area contributed by atoms with E-state index < -0.39 is 12.1 Å². The fourth-order valence-electron chi connectivity index (χ4n) is 2.18. The van der Waals surface area contributed by atoms with Crippen LogP contribution < -0.4 is 10.7 Å². The van der Waals surface area contributed by atoms with Gasteiger partial charge in [-0.15, -0.1) is 5.10 Å². The normalized spacial score (nSPS) is 17.0. The predicted octanol–water partition coefficient (Wildman–Crippen LogP) is 2.26. The third kappa shape index (κ3) is 2.09. The molecule has 1 atom stereocenters. The average molecular weight is 267 g/mol. The van der Waals surface area contributed by atoms with Gasteiger partial charge in [0.05, 0.1) is 5.69 Å². The van der Waals surface area contributed by atoms with Crippen LogP contribution in [-0.2, 0) is 4.74 Å². The zero-order valence-corrected chi connectivity index (χ0v) is 10.6. The van der Waals surface area contributed by atoms with Gasteiger partial charge in [0.1, 0.15) is 0 Å². The van der Waals surface area contributed by atoms with Crippen LogP contribution in [-0.4, -0.2) is 12.3 Å². The molecule has 0 aliphatic carbocycles. The summed E-state index contributed by atoms with van der Waals surface area (Å²) in [6, 6.07) is 16.7. The molecule has 0 saturated heterocycles. The fraction of sp³-hybridized carbons (Fsp3) is 0.0667. The van der Waals surface area contributed by atoms with Crippen molar-refractivity contribution in [1.29, 1.82) is 0 Å². The van der Waals surface area contributed by atoms with Gasteiger partial charge in [-0.1, -0.05) is 36.4 Å². The minimum atomic E-state index is -0.485. The first-order valence-corrected chi connectivity index (χ1v) is 6.18. The first kappa shape index (κ1) is 12.2. The third-order valence-electron chi connectivity index (χ3n) is 3.10. The Labute approximate surface area is 116 Å². The average Bonchev–Trinajstić information content (AvgIpc) is 2.97. The van der Waals surface area contributed by atoms with Gasteiger partial charge in [0.25, 0.3) is 0 Å². The van der Waals surface area contributed by atoms with Crippen LogP contribution in [0.2, 0.25) is 0 Å². The number of nitrogens with zero attached hydrogens (tertiary/aromatic N) is 2. The number of primary amides is 1. The van der Waals surface area contributed by atoms with Crippen molar-refractivity contribution >= 4 is 18.0 Å². The first-order valence-electron chi connectivity index (χ1n) is 6.18. The molecule has 100 valence electrons. The quantitative estimate of drug-likeness (QED) is 0.927. The summed E-state index contributed by atoms with van der Waals surface area (Å²) >= 11 is 0. The van der Waals surface area contributed by atoms with Crippen LogP contribution in [0.5, 0.6) is 0 Å². The molecule has 1 aliphatic rings. The van der Waals surface area contributed by atoms with Crippen LogP contribution in [0.4, 0.5) is 5.69 Å². The molecule has 0 spiro atoms. The zero-order chi connectivity index (χ0) is 13.9. The maximum absolute atomic E-state index is 11.5. The number of anilines is 1. The molecule has 20 heavy (non-hydrogen) atoms. The van der Waals surface area contributed by atoms with Gasteiger partial charge in [0.15, 0.2) is 6.40 Å². The molecule has 5 heteroatoms. The van der Waals surface area contributed by atoms with Crippen molar-refractivity contribution in [2.45, 2.75) is 6.23 Å². The maximum atomic E-state index is 11.5. The van der Waals surface area contributed by atoms with E-state index in [4.69, 9.17) is 10.5 Å². The van der Waals surface area contributed by atoms with Gasteiger partial charge in [0.2, 0.25) is 12.1 Å². The topological polar surface area (TPSA) is 67.9 Å². The van der Waals surface area contributed by atoms with Gasteiger partial charge in [-0.25, -0.2) is 5.01 Å². The van der Waals surface area contributed by atoms with Gasteiger partial charge in [-0.2, -0.15) is 0 Å². The lowest BCUT2D eigenvalue weighted by Gasteiger charge is -2.23. The Kier molecular flexibility index (Phi) is 3.09. The Morgan fingerprint density at radius 3 is 2.55 bits per heavy atom. The summed E-state index contributed by atoms with van der Waals surface area (Å²) in [5.74, 6) is -0.482. The molecule has 1 heterocycles. The van der Waals surface area contributed by atoms with Crippen molar-refractivity contribution in [2.24, 2.45) is 10.8 Å². The summed E-state index contributed by atoms with van der Waals surface area (Å²) in [5, 5.41) is 5.91. The number of rotatable bonds is 3. The van der Waals surface area contributed by atoms with Crippen LogP contribution in [0.3, 0.4) is 0 Å². The Morgan fingerprint density at radius 2 is 1.80 bits per heavy atom. The maximum Gasteiger partial charge on any atom is 0.249 e. The van der Waals surface area contributed by atoms with Crippen molar-refractivity contribution in [3.05, 3.63) is 65.7 Å². The number of para-hydroxylation sites is 1. The minimum absolute atomic E-state index is 0.434. The Hall–Kier alpha value is -2.82. The number of amides is 1. The number of nitrogens with two attached hydrogens (primary N) is 1. The summed E-state index contributed by atoms with van der Waals surface area (Å²) in [7, 11) is 0. The molecule has 0 fully saturated rings. The monoisotopic (exact) mass is 267 g/mol. The third-order valence-corrected chi connectivity index (χ3v) is 3.10. The van der Waals surface area contributed by atoms with Gasteiger partial charge in [-0.3, -0.25) is 4.79 Å². The van der Waals surface area contributed by atoms with Crippen LogP contribution in [0.15, 0.2) is 59.7 Å². The van der Waals surface area contributed by atoms with E-state index in [0.717, 1.165) is 5.69 Å². The molecule has 0 radical (unpaired) electrons. The lowest BCUT2D eigenvalue weighted by molar-refractivity contribution is 0.0995. The molecule has 2 aromatic carbocycles. The largest absolute Gasteiger partial charge is 0.452 e. The Balaban J connectivity index is 2.01. The van der Waals surface area contributed by atoms with E-state index in [0.29, 0.717) is 11.1 Å². The number of carbonyl (C=O) groups excluding carboxylic acids is 1. The van der Waals surface area contributed by atoms with Crippen LogP contribution in [0.1, 0.15) is 22.1 Å². The van der Waals surface area contributed by atoms with E-state index >= 15 is 0 Å². The summed E-state index contributed by atoms with van der Waals surface area (Å²) in [4.78, 5) is 11.5. The number of carbonyl (C=O) groups is 1. The fourth-order valence-corrected chi connectivity index (χ4v) is 2.18. The number of hydrogen-bond acceptors (Lipinski definition) is 4. The molecule has 1 unspecified atom stereocenters. The van der Waals surface area contributed by atoms with Crippen LogP contribution in [0.25, 0.3) is 0 Å². The van der Waals surface area contributed by atoms with E-state index in [-0.39, 0.29) is 0 Å². The molecule has 2 N–H and O–H groups in total. The molecule has 5 nitrogen and oxygen atoms in total. The molecule has 1 aliphatic heterocycles. The highest BCUT2D eigenvalue weighted by molar-refractivity contribution is 5.94. The van der Waals surface area contributed by atoms with Gasteiger partial charge in [0, 0.05) is 11.1 Å². The highest BCUT2D eigenvalue weighted by atomic mass is 16.5. The van der Waals surface area contributed by atoms with Crippen molar-refractivity contribution in [2.75, 3.05) is 5.01 Å². The van der Waals surface area contributed by atoms with Crippen molar-refractivity contribution in [1.82, 2.24) is 0 Å². The lowest BCUT2D eigenvalue weighted by Crippen LogP contribution is -2.23. The highest BCUT2D eigenvalue weighted by Crippen LogP contribution is 2.32. The SMILES string of the molecule is NC(=O)c1ccccc1C1OC=NN1c1ccccc1. The Morgan fingerprint density at radius 1 is 1.10 bits per heavy atom. The van der Waals surface area contributed by atoms with Crippen LogP contribution >= 0.6 is 0 Å². The number of hydrazone groups is 1. The van der Waals surface area contributed by atoms with Crippen molar-refractivity contribution in [3.63, 3.8) is 0 Å². The van der Waals surface area contributed by atoms with Crippen LogP contribution in [0, 0.1) is 0 Å². The van der Waals surface area contributed by atoms with E-state index in [1.807, 2.05) is 42.5 Å². The second kappa shape index (κ2) is 5.05. The molecule has 1 amide bonds. The van der Waals surface area contributed by atoms with Gasteiger partial charge in [-0.05, 0) is 18.2 Å². The molecular formula is C15H13N3O2. The molecular weight excluding hydrogens is 254 g/mol. The number of hydrogen-bond donors (Lipinski definition) is 1. The molecule has 0 bridgehead atoms. The second-order valence-electron chi connectivity index (χ2n) is 4.34. The molecule has 3 rings (SSSR count). The number of benzene rings is 2. The number of ether oxygens (including phenoxy) is 1. The summed E-state index contributed by atoms with van der Waals surface area (Å²) < 4.78 is 5.52. The Bertz CT molecular complexity index is 655. The van der Waals surface area contributed by atoms with E-state index in [1.165, 1.54) is 6.40 Å². The minimum Gasteiger partial charge on any atom is -0.452 e. The summed E-state index contributed by atoms with van der Waals surface area (Å²) in [6.45, 7) is 0. The second-order valence-corrected chi connectivity index (χ2v) is 4.34. The predicted molar refractivity (Wildman–Crippen MR) is 76.2 cm³/mol. The van der Waals surface area contributed by atoms with E-state index in [1.54, 1.807) is 17.1 Å². The smallest absolute Gasteiger partial charge is 0.249 e. The van der Waals surface area contributed by atoms with Crippen molar-refractivity contribution in [3.8, 4) is 0 Å². The van der Waals surface area contributed by atoms with Crippen molar-refractivity contribution < 1.29 is 9.53 Å². The van der Waals surface area contributed by atoms with E-state index in [2.05, 4.69) is 5.10 Å². The summed E-state index contributed by atoms with van der Waals surface area (Å²) in [6.07, 6.45) is 0.885.